The number of methoxy groups -OCH3 is 1. The van der Waals surface area contributed by atoms with E-state index in [1.807, 2.05) is 30.3 Å². The lowest BCUT2D eigenvalue weighted by molar-refractivity contribution is -0.742. The van der Waals surface area contributed by atoms with Crippen LogP contribution in [0.5, 0.6) is 11.5 Å². The SMILES string of the molecule is COc1cc(/C=N/N=C(N)N)cc(Br)c1OCc1ccccc1Cl.O=[N+]([O-])O. The van der Waals surface area contributed by atoms with Crippen LogP contribution in [0.1, 0.15) is 11.1 Å². The fourth-order valence-electron chi connectivity index (χ4n) is 1.88. The number of hydrogen-bond acceptors (Lipinski definition) is 6. The minimum Gasteiger partial charge on any atom is -0.493 e. The van der Waals surface area contributed by atoms with Crippen molar-refractivity contribution in [1.82, 2.24) is 0 Å². The Kier molecular flexibility index (Phi) is 9.54. The first-order valence-corrected chi connectivity index (χ1v) is 8.60. The minimum absolute atomic E-state index is 0.114. The summed E-state index contributed by atoms with van der Waals surface area (Å²) in [7, 11) is 1.56. The van der Waals surface area contributed by atoms with Gasteiger partial charge in [-0.2, -0.15) is 5.10 Å². The van der Waals surface area contributed by atoms with E-state index in [1.165, 1.54) is 6.21 Å². The molecule has 0 radical (unpaired) electrons. The molecule has 0 spiro atoms. The lowest BCUT2D eigenvalue weighted by Gasteiger charge is -2.14. The molecule has 2 aromatic carbocycles. The number of guanidine groups is 1. The van der Waals surface area contributed by atoms with E-state index in [-0.39, 0.29) is 5.96 Å². The highest BCUT2D eigenvalue weighted by Crippen LogP contribution is 2.37. The summed E-state index contributed by atoms with van der Waals surface area (Å²) in [4.78, 5) is 8.36. The van der Waals surface area contributed by atoms with Gasteiger partial charge in [0.15, 0.2) is 11.5 Å². The molecule has 0 bridgehead atoms. The van der Waals surface area contributed by atoms with E-state index in [9.17, 15) is 0 Å². The third kappa shape index (κ3) is 8.10. The Morgan fingerprint density at radius 2 is 2.04 bits per heavy atom. The first kappa shape index (κ1) is 23.0. The summed E-state index contributed by atoms with van der Waals surface area (Å²) in [6, 6.07) is 11.1. The molecule has 28 heavy (non-hydrogen) atoms. The van der Waals surface area contributed by atoms with E-state index in [1.54, 1.807) is 13.2 Å². The summed E-state index contributed by atoms with van der Waals surface area (Å²) < 4.78 is 11.9. The maximum absolute atomic E-state index is 8.36. The number of benzene rings is 2. The lowest BCUT2D eigenvalue weighted by Crippen LogP contribution is -2.21. The van der Waals surface area contributed by atoms with Crippen molar-refractivity contribution >= 4 is 39.7 Å². The van der Waals surface area contributed by atoms with Crippen LogP contribution in [0.25, 0.3) is 0 Å². The zero-order valence-corrected chi connectivity index (χ0v) is 16.9. The Morgan fingerprint density at radius 3 is 2.61 bits per heavy atom. The molecule has 0 saturated carbocycles. The second-order valence-electron chi connectivity index (χ2n) is 4.92. The summed E-state index contributed by atoms with van der Waals surface area (Å²) in [5, 5.41) is 21.6. The van der Waals surface area contributed by atoms with Crippen molar-refractivity contribution in [3.8, 4) is 11.5 Å². The Labute approximate surface area is 173 Å². The Hall–Kier alpha value is -3.05. The van der Waals surface area contributed by atoms with Crippen LogP contribution in [0.15, 0.2) is 51.1 Å². The zero-order valence-electron chi connectivity index (χ0n) is 14.6. The average molecular weight is 475 g/mol. The lowest BCUT2D eigenvalue weighted by atomic mass is 10.2. The summed E-state index contributed by atoms with van der Waals surface area (Å²) >= 11 is 9.61. The predicted molar refractivity (Wildman–Crippen MR) is 109 cm³/mol. The molecular formula is C16H17BrClN5O5. The third-order valence-corrected chi connectivity index (χ3v) is 3.92. The summed E-state index contributed by atoms with van der Waals surface area (Å²) in [6.45, 7) is 0.316. The second-order valence-corrected chi connectivity index (χ2v) is 6.18. The van der Waals surface area contributed by atoms with Gasteiger partial charge >= 0.3 is 0 Å². The molecule has 12 heteroatoms. The van der Waals surface area contributed by atoms with Crippen molar-refractivity contribution in [2.45, 2.75) is 6.61 Å². The molecule has 150 valence electrons. The van der Waals surface area contributed by atoms with Gasteiger partial charge in [-0.1, -0.05) is 29.8 Å². The largest absolute Gasteiger partial charge is 0.493 e. The molecule has 0 amide bonds. The number of nitrogens with zero attached hydrogens (tertiary/aromatic N) is 3. The first-order chi connectivity index (χ1) is 13.2. The number of halogens is 2. The van der Waals surface area contributed by atoms with Gasteiger partial charge in [0, 0.05) is 10.6 Å². The van der Waals surface area contributed by atoms with E-state index >= 15 is 0 Å². The fraction of sp³-hybridized carbons (Fsp3) is 0.125. The summed E-state index contributed by atoms with van der Waals surface area (Å²) in [5.41, 5.74) is 12.1. The molecule has 0 atom stereocenters. The second kappa shape index (κ2) is 11.6. The van der Waals surface area contributed by atoms with Crippen molar-refractivity contribution in [2.24, 2.45) is 21.7 Å². The summed E-state index contributed by atoms with van der Waals surface area (Å²) in [5.74, 6) is 0.996. The molecule has 0 aliphatic rings. The molecule has 10 nitrogen and oxygen atoms in total. The molecule has 5 N–H and O–H groups in total. The van der Waals surface area contributed by atoms with Crippen LogP contribution in [0.3, 0.4) is 0 Å². The fourth-order valence-corrected chi connectivity index (χ4v) is 2.65. The number of hydrogen-bond donors (Lipinski definition) is 3. The van der Waals surface area contributed by atoms with Crippen molar-refractivity contribution < 1.29 is 19.8 Å². The smallest absolute Gasteiger partial charge is 0.291 e. The standard InChI is InChI=1S/C16H16BrClN4O2.HNO3/c1-23-14-7-10(8-21-22-16(19)20)6-12(17)15(14)24-9-11-4-2-3-5-13(11)18;2-1(3)4/h2-8H,9H2,1H3,(H4,19,20,22);(H,2,3,4)/b21-8+;. The molecule has 0 saturated heterocycles. The van der Waals surface area contributed by atoms with E-state index in [2.05, 4.69) is 26.1 Å². The highest BCUT2D eigenvalue weighted by molar-refractivity contribution is 9.10. The van der Waals surface area contributed by atoms with Crippen molar-refractivity contribution in [3.63, 3.8) is 0 Å². The number of ether oxygens (including phenoxy) is 2. The van der Waals surface area contributed by atoms with Gasteiger partial charge in [0.1, 0.15) is 6.61 Å². The average Bonchev–Trinajstić information content (AvgIpc) is 2.61. The van der Waals surface area contributed by atoms with Gasteiger partial charge in [-0.25, -0.2) is 0 Å². The molecule has 2 rings (SSSR count). The predicted octanol–water partition coefficient (Wildman–Crippen LogP) is 2.95. The Bertz CT molecular complexity index is 870. The van der Waals surface area contributed by atoms with Crippen LogP contribution in [-0.2, 0) is 6.61 Å². The topological polar surface area (TPSA) is 159 Å². The van der Waals surface area contributed by atoms with E-state index in [4.69, 9.17) is 47.9 Å². The van der Waals surface area contributed by atoms with Crippen molar-refractivity contribution in [3.05, 3.63) is 67.1 Å². The van der Waals surface area contributed by atoms with Crippen LogP contribution in [0, 0.1) is 10.1 Å². The normalized spacial score (nSPS) is 9.96. The molecule has 2 aromatic rings. The maximum atomic E-state index is 8.36. The van der Waals surface area contributed by atoms with Gasteiger partial charge in [0.25, 0.3) is 5.09 Å². The van der Waals surface area contributed by atoms with Gasteiger partial charge < -0.3 is 26.1 Å². The zero-order chi connectivity index (χ0) is 21.1. The summed E-state index contributed by atoms with van der Waals surface area (Å²) in [6.07, 6.45) is 1.50. The van der Waals surface area contributed by atoms with Crippen LogP contribution < -0.4 is 20.9 Å². The van der Waals surface area contributed by atoms with Crippen LogP contribution >= 0.6 is 27.5 Å². The van der Waals surface area contributed by atoms with Crippen LogP contribution in [0.2, 0.25) is 5.02 Å². The van der Waals surface area contributed by atoms with Gasteiger partial charge in [-0.3, -0.25) is 0 Å². The van der Waals surface area contributed by atoms with Gasteiger partial charge in [0.2, 0.25) is 5.96 Å². The van der Waals surface area contributed by atoms with E-state index < -0.39 is 5.09 Å². The highest BCUT2D eigenvalue weighted by atomic mass is 79.9. The third-order valence-electron chi connectivity index (χ3n) is 2.96. The van der Waals surface area contributed by atoms with Gasteiger partial charge in [-0.05, 0) is 39.7 Å². The monoisotopic (exact) mass is 473 g/mol. The Balaban J connectivity index is 0.000000892. The molecule has 0 aliphatic heterocycles. The minimum atomic E-state index is -1.50. The highest BCUT2D eigenvalue weighted by Gasteiger charge is 2.12. The quantitative estimate of drug-likeness (QED) is 0.251. The van der Waals surface area contributed by atoms with Crippen molar-refractivity contribution in [1.29, 1.82) is 0 Å². The van der Waals surface area contributed by atoms with Gasteiger partial charge in [-0.15, -0.1) is 15.2 Å². The van der Waals surface area contributed by atoms with E-state index in [0.717, 1.165) is 11.1 Å². The molecule has 0 unspecified atom stereocenters. The maximum Gasteiger partial charge on any atom is 0.291 e. The van der Waals surface area contributed by atoms with E-state index in [0.29, 0.717) is 27.6 Å². The van der Waals surface area contributed by atoms with Crippen LogP contribution in [-0.4, -0.2) is 29.6 Å². The van der Waals surface area contributed by atoms with Gasteiger partial charge in [0.05, 0.1) is 17.8 Å². The Morgan fingerprint density at radius 1 is 1.39 bits per heavy atom. The molecule has 0 fully saturated rings. The number of nitrogens with two attached hydrogens (primary N) is 2. The molecular weight excluding hydrogens is 458 g/mol. The molecule has 0 heterocycles. The number of rotatable bonds is 6. The molecule has 0 aromatic heterocycles. The van der Waals surface area contributed by atoms with Crippen LogP contribution in [0.4, 0.5) is 0 Å². The van der Waals surface area contributed by atoms with Crippen molar-refractivity contribution in [2.75, 3.05) is 7.11 Å². The first-order valence-electron chi connectivity index (χ1n) is 7.43. The molecule has 0 aliphatic carbocycles.